The minimum atomic E-state index is -0.529. The van der Waals surface area contributed by atoms with Gasteiger partial charge in [-0.1, -0.05) is 66.7 Å². The van der Waals surface area contributed by atoms with E-state index in [1.807, 2.05) is 79.7 Å². The summed E-state index contributed by atoms with van der Waals surface area (Å²) in [5.41, 5.74) is 6.66. The van der Waals surface area contributed by atoms with E-state index in [-0.39, 0.29) is 5.91 Å². The standard InChI is InChI=1S/C25H19N5O/c1-16-11-12-20-22(13-16)28-25(29-23(20)17-7-3-2-4-8-17)30-26-15-19-14-18-9-5-6-10-21(18)27-24(19)31/h2-15,19H,1H3,(H,28,29,30)/b26-15+. The maximum Gasteiger partial charge on any atom is 0.258 e. The van der Waals surface area contributed by atoms with Gasteiger partial charge < -0.3 is 0 Å². The number of nitrogens with one attached hydrogen (secondary N) is 1. The second-order valence-corrected chi connectivity index (χ2v) is 7.37. The van der Waals surface area contributed by atoms with Crippen LogP contribution in [0.1, 0.15) is 5.56 Å². The van der Waals surface area contributed by atoms with Gasteiger partial charge in [-0.05, 0) is 29.8 Å². The second-order valence-electron chi connectivity index (χ2n) is 7.37. The molecule has 6 nitrogen and oxygen atoms in total. The number of carbonyl (C=O) groups is 1. The van der Waals surface area contributed by atoms with Crippen molar-refractivity contribution in [1.29, 1.82) is 0 Å². The van der Waals surface area contributed by atoms with Gasteiger partial charge in [0.15, 0.2) is 0 Å². The van der Waals surface area contributed by atoms with Crippen LogP contribution in [-0.2, 0) is 4.79 Å². The van der Waals surface area contributed by atoms with E-state index in [1.165, 1.54) is 6.21 Å². The number of para-hydroxylation sites is 1. The molecule has 1 unspecified atom stereocenters. The molecule has 1 aromatic heterocycles. The third-order valence-electron chi connectivity index (χ3n) is 5.11. The number of amides is 1. The van der Waals surface area contributed by atoms with Gasteiger partial charge in [-0.15, -0.1) is 0 Å². The molecule has 4 aromatic rings. The first-order valence-electron chi connectivity index (χ1n) is 10.00. The zero-order valence-corrected chi connectivity index (χ0v) is 16.9. The van der Waals surface area contributed by atoms with E-state index in [2.05, 4.69) is 31.6 Å². The van der Waals surface area contributed by atoms with Crippen molar-refractivity contribution < 1.29 is 4.79 Å². The Labute approximate surface area is 178 Å². The lowest BCUT2D eigenvalue weighted by molar-refractivity contribution is -0.118. The molecular formula is C25H19N5O. The number of carbonyl (C=O) groups excluding carboxylic acids is 1. The average Bonchev–Trinajstić information content (AvgIpc) is 2.79. The summed E-state index contributed by atoms with van der Waals surface area (Å²) in [5.74, 6) is -0.406. The van der Waals surface area contributed by atoms with Gasteiger partial charge in [0, 0.05) is 17.2 Å². The minimum absolute atomic E-state index is 0.246. The molecule has 0 radical (unpaired) electrons. The van der Waals surface area contributed by atoms with Crippen molar-refractivity contribution in [2.45, 2.75) is 6.92 Å². The monoisotopic (exact) mass is 405 g/mol. The molecule has 6 heteroatoms. The van der Waals surface area contributed by atoms with Crippen LogP contribution < -0.4 is 16.0 Å². The lowest BCUT2D eigenvalue weighted by Gasteiger charge is -2.10. The maximum absolute atomic E-state index is 12.3. The summed E-state index contributed by atoms with van der Waals surface area (Å²) >= 11 is 0. The van der Waals surface area contributed by atoms with Crippen LogP contribution in [0.15, 0.2) is 82.9 Å². The van der Waals surface area contributed by atoms with Crippen LogP contribution in [0.5, 0.6) is 0 Å². The van der Waals surface area contributed by atoms with Crippen LogP contribution in [-0.4, -0.2) is 22.1 Å². The number of hydrazone groups is 1. The van der Waals surface area contributed by atoms with E-state index in [9.17, 15) is 4.79 Å². The summed E-state index contributed by atoms with van der Waals surface area (Å²) in [7, 11) is 0. The van der Waals surface area contributed by atoms with Gasteiger partial charge in [-0.25, -0.2) is 20.4 Å². The SMILES string of the molecule is Cc1ccc2c(-c3ccccc3)nc(N/N=C/C3C=c4ccccc4=NC3=O)nc2c1. The van der Waals surface area contributed by atoms with Gasteiger partial charge in [0.2, 0.25) is 5.95 Å². The Morgan fingerprint density at radius 3 is 2.65 bits per heavy atom. The quantitative estimate of drug-likeness (QED) is 0.418. The third kappa shape index (κ3) is 3.83. The van der Waals surface area contributed by atoms with Crippen molar-refractivity contribution in [3.8, 4) is 11.3 Å². The first-order chi connectivity index (χ1) is 15.2. The fraction of sp³-hybridized carbons (Fsp3) is 0.0800. The highest BCUT2D eigenvalue weighted by Crippen LogP contribution is 2.27. The summed E-state index contributed by atoms with van der Waals surface area (Å²) in [6.07, 6.45) is 3.39. The fourth-order valence-corrected chi connectivity index (χ4v) is 3.58. The summed E-state index contributed by atoms with van der Waals surface area (Å²) in [6.45, 7) is 2.03. The molecule has 0 spiro atoms. The first-order valence-corrected chi connectivity index (χ1v) is 10.00. The van der Waals surface area contributed by atoms with Crippen LogP contribution in [0.2, 0.25) is 0 Å². The summed E-state index contributed by atoms with van der Waals surface area (Å²) in [4.78, 5) is 25.7. The van der Waals surface area contributed by atoms with E-state index in [0.29, 0.717) is 11.3 Å². The van der Waals surface area contributed by atoms with Crippen molar-refractivity contribution >= 4 is 35.0 Å². The van der Waals surface area contributed by atoms with Crippen LogP contribution in [0.25, 0.3) is 28.2 Å². The number of aromatic nitrogens is 2. The average molecular weight is 405 g/mol. The Bertz CT molecular complexity index is 1440. The Morgan fingerprint density at radius 1 is 0.968 bits per heavy atom. The lowest BCUT2D eigenvalue weighted by Crippen LogP contribution is -2.33. The van der Waals surface area contributed by atoms with Crippen LogP contribution in [0.4, 0.5) is 5.95 Å². The number of rotatable bonds is 4. The molecule has 150 valence electrons. The van der Waals surface area contributed by atoms with Gasteiger partial charge in [-0.2, -0.15) is 5.10 Å². The first kappa shape index (κ1) is 18.8. The number of hydrogen-bond acceptors (Lipinski definition) is 5. The number of benzene rings is 3. The topological polar surface area (TPSA) is 79.6 Å². The molecular weight excluding hydrogens is 386 g/mol. The third-order valence-corrected chi connectivity index (χ3v) is 5.11. The van der Waals surface area contributed by atoms with Crippen molar-refractivity contribution in [1.82, 2.24) is 9.97 Å². The van der Waals surface area contributed by atoms with Crippen molar-refractivity contribution in [2.24, 2.45) is 16.0 Å². The Kier molecular flexibility index (Phi) is 4.80. The molecule has 1 atom stereocenters. The summed E-state index contributed by atoms with van der Waals surface area (Å²) < 4.78 is 0. The van der Waals surface area contributed by atoms with Gasteiger partial charge in [0.1, 0.15) is 0 Å². The summed E-state index contributed by atoms with van der Waals surface area (Å²) in [6, 6.07) is 23.6. The maximum atomic E-state index is 12.3. The number of nitrogens with zero attached hydrogens (tertiary/aromatic N) is 4. The summed E-state index contributed by atoms with van der Waals surface area (Å²) in [5, 5.41) is 6.82. The predicted octanol–water partition coefficient (Wildman–Crippen LogP) is 3.26. The zero-order valence-electron chi connectivity index (χ0n) is 16.9. The Hall–Kier alpha value is -4.19. The molecule has 2 heterocycles. The number of fused-ring (bicyclic) bond motifs is 2. The van der Waals surface area contributed by atoms with Gasteiger partial charge >= 0.3 is 0 Å². The molecule has 3 aromatic carbocycles. The Morgan fingerprint density at radius 2 is 1.77 bits per heavy atom. The molecule has 0 saturated carbocycles. The van der Waals surface area contributed by atoms with Crippen molar-refractivity contribution in [2.75, 3.05) is 5.43 Å². The molecule has 31 heavy (non-hydrogen) atoms. The van der Waals surface area contributed by atoms with Gasteiger partial charge in [0.05, 0.1) is 22.5 Å². The van der Waals surface area contributed by atoms with E-state index in [0.717, 1.165) is 32.9 Å². The fourth-order valence-electron chi connectivity index (χ4n) is 3.58. The smallest absolute Gasteiger partial charge is 0.258 e. The minimum Gasteiger partial charge on any atom is -0.271 e. The van der Waals surface area contributed by atoms with E-state index < -0.39 is 5.92 Å². The molecule has 0 bridgehead atoms. The number of aryl methyl sites for hydroxylation is 1. The van der Waals surface area contributed by atoms with E-state index >= 15 is 0 Å². The molecule has 0 fully saturated rings. The highest BCUT2D eigenvalue weighted by molar-refractivity contribution is 6.00. The molecule has 5 rings (SSSR count). The van der Waals surface area contributed by atoms with Crippen molar-refractivity contribution in [3.63, 3.8) is 0 Å². The largest absolute Gasteiger partial charge is 0.271 e. The highest BCUT2D eigenvalue weighted by Gasteiger charge is 2.16. The second kappa shape index (κ2) is 7.91. The van der Waals surface area contributed by atoms with Crippen LogP contribution >= 0.6 is 0 Å². The van der Waals surface area contributed by atoms with Crippen LogP contribution in [0.3, 0.4) is 0 Å². The van der Waals surface area contributed by atoms with Gasteiger partial charge in [0.25, 0.3) is 5.91 Å². The molecule has 0 aliphatic carbocycles. The van der Waals surface area contributed by atoms with E-state index in [1.54, 1.807) is 0 Å². The molecule has 1 aliphatic heterocycles. The molecule has 1 aliphatic rings. The van der Waals surface area contributed by atoms with Crippen molar-refractivity contribution in [3.05, 3.63) is 88.9 Å². The molecule has 0 saturated heterocycles. The highest BCUT2D eigenvalue weighted by atomic mass is 16.1. The van der Waals surface area contributed by atoms with Crippen LogP contribution in [0, 0.1) is 12.8 Å². The zero-order chi connectivity index (χ0) is 21.2. The predicted molar refractivity (Wildman–Crippen MR) is 122 cm³/mol. The van der Waals surface area contributed by atoms with E-state index in [4.69, 9.17) is 0 Å². The van der Waals surface area contributed by atoms with Gasteiger partial charge in [-0.3, -0.25) is 4.79 Å². The number of anilines is 1. The Balaban J connectivity index is 1.48. The molecule has 1 amide bonds. The molecule has 1 N–H and O–H groups in total. The normalized spacial score (nSPS) is 15.4. The number of hydrogen-bond donors (Lipinski definition) is 1. The lowest BCUT2D eigenvalue weighted by atomic mass is 10.1.